The van der Waals surface area contributed by atoms with Crippen LogP contribution in [-0.2, 0) is 20.9 Å². The van der Waals surface area contributed by atoms with E-state index in [1.165, 1.54) is 7.11 Å². The minimum absolute atomic E-state index is 0.0132. The van der Waals surface area contributed by atoms with Gasteiger partial charge >= 0.3 is 5.97 Å². The fourth-order valence-electron chi connectivity index (χ4n) is 4.48. The summed E-state index contributed by atoms with van der Waals surface area (Å²) in [6, 6.07) is 11.1. The molecule has 2 unspecified atom stereocenters. The summed E-state index contributed by atoms with van der Waals surface area (Å²) in [4.78, 5) is 25.9. The number of allylic oxidation sites excluding steroid dienone is 2. The van der Waals surface area contributed by atoms with Crippen LogP contribution in [0, 0.1) is 11.3 Å². The molecule has 2 aliphatic rings. The summed E-state index contributed by atoms with van der Waals surface area (Å²) in [5.74, 6) is 0.0504. The first-order valence-corrected chi connectivity index (χ1v) is 11.2. The normalized spacial score (nSPS) is 22.2. The molecule has 1 aliphatic heterocycles. The number of furan rings is 1. The van der Waals surface area contributed by atoms with Crippen LogP contribution < -0.4 is 10.1 Å². The van der Waals surface area contributed by atoms with Crippen LogP contribution >= 0.6 is 15.9 Å². The standard InChI is InChI=1S/C25H26BrNO5/c1-14-21(24(29)30-4)23(22-18(27-14)11-25(2,3)12-19(22)28)20-10-9-17(32-20)13-31-16-7-5-15(26)6-8-16/h5-10,21,23,27H,1,11-13H2,2-4H3. The van der Waals surface area contributed by atoms with Crippen LogP contribution in [0.15, 0.2) is 68.8 Å². The number of carbonyl (C=O) groups is 2. The highest BCUT2D eigenvalue weighted by atomic mass is 79.9. The Hall–Kier alpha value is -2.80. The molecule has 1 aliphatic carbocycles. The maximum Gasteiger partial charge on any atom is 0.315 e. The highest BCUT2D eigenvalue weighted by molar-refractivity contribution is 9.10. The number of rotatable bonds is 5. The van der Waals surface area contributed by atoms with E-state index < -0.39 is 17.8 Å². The maximum atomic E-state index is 13.2. The number of carbonyl (C=O) groups excluding carboxylic acids is 2. The second-order valence-corrected chi connectivity index (χ2v) is 9.92. The molecule has 168 valence electrons. The number of ether oxygens (including phenoxy) is 2. The van der Waals surface area contributed by atoms with E-state index in [2.05, 4.69) is 41.7 Å². The van der Waals surface area contributed by atoms with Crippen molar-refractivity contribution in [3.63, 3.8) is 0 Å². The highest BCUT2D eigenvalue weighted by Crippen LogP contribution is 2.48. The van der Waals surface area contributed by atoms with Gasteiger partial charge in [-0.2, -0.15) is 0 Å². The van der Waals surface area contributed by atoms with Crippen molar-refractivity contribution in [2.45, 2.75) is 39.2 Å². The molecule has 2 heterocycles. The summed E-state index contributed by atoms with van der Waals surface area (Å²) in [7, 11) is 1.34. The quantitative estimate of drug-likeness (QED) is 0.565. The second-order valence-electron chi connectivity index (χ2n) is 9.01. The molecule has 2 aromatic rings. The number of Topliss-reactive ketones (excluding diaryl/α,β-unsaturated/α-hetero) is 1. The number of halogens is 1. The number of hydrogen-bond donors (Lipinski definition) is 1. The van der Waals surface area contributed by atoms with Gasteiger partial charge in [-0.15, -0.1) is 0 Å². The Morgan fingerprint density at radius 2 is 1.94 bits per heavy atom. The van der Waals surface area contributed by atoms with Gasteiger partial charge in [0.15, 0.2) is 5.78 Å². The van der Waals surface area contributed by atoms with Gasteiger partial charge < -0.3 is 19.2 Å². The third-order valence-electron chi connectivity index (χ3n) is 5.89. The summed E-state index contributed by atoms with van der Waals surface area (Å²) in [5, 5.41) is 3.22. The summed E-state index contributed by atoms with van der Waals surface area (Å²) in [6.45, 7) is 8.41. The average Bonchev–Trinajstić information content (AvgIpc) is 3.19. The SMILES string of the molecule is C=C1NC2=C(C(=O)CC(C)(C)C2)C(c2ccc(COc3ccc(Br)cc3)o2)C1C(=O)OC. The zero-order valence-corrected chi connectivity index (χ0v) is 20.0. The van der Waals surface area contributed by atoms with Gasteiger partial charge in [-0.3, -0.25) is 9.59 Å². The molecule has 2 atom stereocenters. The van der Waals surface area contributed by atoms with E-state index in [-0.39, 0.29) is 17.8 Å². The average molecular weight is 500 g/mol. The van der Waals surface area contributed by atoms with Crippen molar-refractivity contribution in [1.82, 2.24) is 5.32 Å². The van der Waals surface area contributed by atoms with E-state index >= 15 is 0 Å². The van der Waals surface area contributed by atoms with Crippen LogP contribution in [0.1, 0.15) is 44.1 Å². The van der Waals surface area contributed by atoms with Crippen molar-refractivity contribution in [1.29, 1.82) is 0 Å². The van der Waals surface area contributed by atoms with Crippen molar-refractivity contribution >= 4 is 27.7 Å². The Balaban J connectivity index is 1.66. The molecular weight excluding hydrogens is 474 g/mol. The lowest BCUT2D eigenvalue weighted by Gasteiger charge is -2.41. The lowest BCUT2D eigenvalue weighted by Crippen LogP contribution is -2.43. The molecule has 32 heavy (non-hydrogen) atoms. The molecule has 0 saturated heterocycles. The molecule has 0 amide bonds. The second kappa shape index (κ2) is 8.62. The molecule has 0 bridgehead atoms. The molecule has 4 rings (SSSR count). The first kappa shape index (κ1) is 22.4. The van der Waals surface area contributed by atoms with Gasteiger partial charge in [0.05, 0.1) is 13.0 Å². The molecule has 6 nitrogen and oxygen atoms in total. The third kappa shape index (κ3) is 4.39. The van der Waals surface area contributed by atoms with Crippen molar-refractivity contribution in [3.8, 4) is 5.75 Å². The fourth-order valence-corrected chi connectivity index (χ4v) is 4.75. The van der Waals surface area contributed by atoms with Crippen LogP contribution in [0.5, 0.6) is 5.75 Å². The third-order valence-corrected chi connectivity index (χ3v) is 6.42. The zero-order chi connectivity index (χ0) is 23.0. The molecule has 0 saturated carbocycles. The molecule has 0 fully saturated rings. The predicted molar refractivity (Wildman–Crippen MR) is 123 cm³/mol. The van der Waals surface area contributed by atoms with E-state index in [0.29, 0.717) is 41.4 Å². The van der Waals surface area contributed by atoms with E-state index in [1.807, 2.05) is 30.3 Å². The van der Waals surface area contributed by atoms with Gasteiger partial charge in [0.2, 0.25) is 0 Å². The maximum absolute atomic E-state index is 13.2. The summed E-state index contributed by atoms with van der Waals surface area (Å²) in [5.41, 5.74) is 1.74. The molecule has 1 aromatic heterocycles. The van der Waals surface area contributed by atoms with Gasteiger partial charge in [0.25, 0.3) is 0 Å². The number of nitrogens with one attached hydrogen (secondary N) is 1. The Morgan fingerprint density at radius 1 is 1.22 bits per heavy atom. The predicted octanol–water partition coefficient (Wildman–Crippen LogP) is 5.25. The van der Waals surface area contributed by atoms with Crippen molar-refractivity contribution in [3.05, 3.63) is 75.9 Å². The Bertz CT molecular complexity index is 1100. The first-order chi connectivity index (χ1) is 15.2. The highest BCUT2D eigenvalue weighted by Gasteiger charge is 2.47. The van der Waals surface area contributed by atoms with Crippen molar-refractivity contribution in [2.24, 2.45) is 11.3 Å². The molecule has 1 aromatic carbocycles. The smallest absolute Gasteiger partial charge is 0.315 e. The van der Waals surface area contributed by atoms with Crippen LogP contribution in [-0.4, -0.2) is 18.9 Å². The number of hydrogen-bond acceptors (Lipinski definition) is 6. The van der Waals surface area contributed by atoms with E-state index in [9.17, 15) is 9.59 Å². The number of benzene rings is 1. The molecule has 1 N–H and O–H groups in total. The van der Waals surface area contributed by atoms with Crippen molar-refractivity contribution in [2.75, 3.05) is 7.11 Å². The first-order valence-electron chi connectivity index (χ1n) is 10.5. The lowest BCUT2D eigenvalue weighted by molar-refractivity contribution is -0.145. The van der Waals surface area contributed by atoms with Crippen molar-refractivity contribution < 1.29 is 23.5 Å². The van der Waals surface area contributed by atoms with Crippen LogP contribution in [0.2, 0.25) is 0 Å². The van der Waals surface area contributed by atoms with Crippen LogP contribution in [0.25, 0.3) is 0 Å². The number of ketones is 1. The minimum atomic E-state index is -0.754. The number of methoxy groups -OCH3 is 1. The van der Waals surface area contributed by atoms with E-state index in [4.69, 9.17) is 13.9 Å². The molecule has 7 heteroatoms. The van der Waals surface area contributed by atoms with Gasteiger partial charge in [0.1, 0.15) is 29.8 Å². The van der Waals surface area contributed by atoms with E-state index in [1.54, 1.807) is 6.07 Å². The summed E-state index contributed by atoms with van der Waals surface area (Å²) < 4.78 is 17.9. The number of esters is 1. The zero-order valence-electron chi connectivity index (χ0n) is 18.4. The van der Waals surface area contributed by atoms with Gasteiger partial charge in [-0.05, 0) is 48.2 Å². The fraction of sp³-hybridized carbons (Fsp3) is 0.360. The van der Waals surface area contributed by atoms with Crippen LogP contribution in [0.3, 0.4) is 0 Å². The summed E-state index contributed by atoms with van der Waals surface area (Å²) in [6.07, 6.45) is 1.10. The lowest BCUT2D eigenvalue weighted by atomic mass is 9.67. The molecular formula is C25H26BrNO5. The van der Waals surface area contributed by atoms with Gasteiger partial charge in [-0.25, -0.2) is 0 Å². The largest absolute Gasteiger partial charge is 0.486 e. The molecule has 0 spiro atoms. The summed E-state index contributed by atoms with van der Waals surface area (Å²) >= 11 is 3.40. The Labute approximate surface area is 195 Å². The minimum Gasteiger partial charge on any atom is -0.486 e. The van der Waals surface area contributed by atoms with Crippen LogP contribution in [0.4, 0.5) is 0 Å². The Morgan fingerprint density at radius 3 is 2.62 bits per heavy atom. The Kier molecular flexibility index (Phi) is 6.03. The van der Waals surface area contributed by atoms with Gasteiger partial charge in [-0.1, -0.05) is 36.4 Å². The van der Waals surface area contributed by atoms with Gasteiger partial charge in [0, 0.05) is 27.9 Å². The van der Waals surface area contributed by atoms with E-state index in [0.717, 1.165) is 10.2 Å². The monoisotopic (exact) mass is 499 g/mol. The molecule has 0 radical (unpaired) electrons. The topological polar surface area (TPSA) is 77.8 Å².